The Bertz CT molecular complexity index is 401. The summed E-state index contributed by atoms with van der Waals surface area (Å²) >= 11 is 0. The van der Waals surface area contributed by atoms with Crippen molar-refractivity contribution in [1.82, 2.24) is 0 Å². The Morgan fingerprint density at radius 3 is 2.12 bits per heavy atom. The highest BCUT2D eigenvalue weighted by Crippen LogP contribution is 2.22. The predicted molar refractivity (Wildman–Crippen MR) is 64.1 cm³/mol. The molecule has 3 nitrogen and oxygen atoms in total. The third kappa shape index (κ3) is 3.45. The molecule has 0 bridgehead atoms. The normalized spacial score (nSPS) is 13.4. The van der Waals surface area contributed by atoms with Gasteiger partial charge in [-0.3, -0.25) is 9.00 Å². The van der Waals surface area contributed by atoms with Crippen LogP contribution < -0.4 is 0 Å². The molecule has 4 heteroatoms. The average molecular weight is 240 g/mol. The molecule has 88 valence electrons. The quantitative estimate of drug-likeness (QED) is 0.881. The Morgan fingerprint density at radius 2 is 1.75 bits per heavy atom. The summed E-state index contributed by atoms with van der Waals surface area (Å²) in [5.41, 5.74) is 1.19. The molecule has 1 rings (SSSR count). The van der Waals surface area contributed by atoms with Crippen LogP contribution in [0.25, 0.3) is 0 Å². The van der Waals surface area contributed by atoms with Crippen molar-refractivity contribution in [3.05, 3.63) is 29.8 Å². The van der Waals surface area contributed by atoms with Crippen LogP contribution in [0.1, 0.15) is 26.3 Å². The highest BCUT2D eigenvalue weighted by atomic mass is 32.2. The van der Waals surface area contributed by atoms with E-state index in [1.807, 2.05) is 12.1 Å². The molecule has 0 spiro atoms. The van der Waals surface area contributed by atoms with Crippen LogP contribution in [0, 0.1) is 0 Å². The molecule has 0 saturated heterocycles. The largest absolute Gasteiger partial charge is 0.481 e. The Labute approximate surface area is 98.0 Å². The number of carboxylic acid groups (broad SMARTS) is 1. The first-order valence-electron chi connectivity index (χ1n) is 5.01. The summed E-state index contributed by atoms with van der Waals surface area (Å²) in [5.74, 6) is -1.38. The fourth-order valence-electron chi connectivity index (χ4n) is 1.30. The highest BCUT2D eigenvalue weighted by molar-refractivity contribution is 7.85. The minimum absolute atomic E-state index is 0.0484. The molecule has 0 aromatic heterocycles. The van der Waals surface area contributed by atoms with Crippen molar-refractivity contribution in [1.29, 1.82) is 0 Å². The van der Waals surface area contributed by atoms with Crippen LogP contribution in [-0.4, -0.2) is 21.0 Å². The number of carboxylic acids is 1. The maximum absolute atomic E-state index is 11.5. The molecule has 0 radical (unpaired) electrons. The molecule has 1 aromatic carbocycles. The number of rotatable bonds is 3. The van der Waals surface area contributed by atoms with Gasteiger partial charge in [-0.25, -0.2) is 0 Å². The van der Waals surface area contributed by atoms with Gasteiger partial charge in [0, 0.05) is 4.90 Å². The van der Waals surface area contributed by atoms with E-state index in [0.29, 0.717) is 4.90 Å². The molecule has 0 saturated carbocycles. The van der Waals surface area contributed by atoms with Gasteiger partial charge >= 0.3 is 5.97 Å². The first-order valence-corrected chi connectivity index (χ1v) is 6.33. The second-order valence-corrected chi connectivity index (χ2v) is 6.11. The number of benzene rings is 1. The van der Waals surface area contributed by atoms with Gasteiger partial charge in [0.2, 0.25) is 0 Å². The van der Waals surface area contributed by atoms with Crippen LogP contribution in [0.15, 0.2) is 29.2 Å². The SMILES string of the molecule is CC(C)(C)c1ccc(S(=O)CC(=O)O)cc1. The van der Waals surface area contributed by atoms with Crippen LogP contribution in [0.4, 0.5) is 0 Å². The van der Waals surface area contributed by atoms with E-state index < -0.39 is 16.8 Å². The Hall–Kier alpha value is -1.16. The number of hydrogen-bond acceptors (Lipinski definition) is 2. The third-order valence-corrected chi connectivity index (χ3v) is 3.54. The first kappa shape index (κ1) is 12.9. The summed E-state index contributed by atoms with van der Waals surface area (Å²) in [5, 5.41) is 8.54. The molecule has 1 N–H and O–H groups in total. The smallest absolute Gasteiger partial charge is 0.316 e. The van der Waals surface area contributed by atoms with Gasteiger partial charge in [-0.1, -0.05) is 32.9 Å². The van der Waals surface area contributed by atoms with Gasteiger partial charge in [0.25, 0.3) is 0 Å². The van der Waals surface area contributed by atoms with Crippen LogP contribution in [0.5, 0.6) is 0 Å². The number of hydrogen-bond donors (Lipinski definition) is 1. The van der Waals surface area contributed by atoms with E-state index >= 15 is 0 Å². The van der Waals surface area contributed by atoms with Crippen LogP contribution in [-0.2, 0) is 21.0 Å². The van der Waals surface area contributed by atoms with E-state index in [0.717, 1.165) is 5.56 Å². The minimum atomic E-state index is -1.45. The van der Waals surface area contributed by atoms with Gasteiger partial charge in [-0.2, -0.15) is 0 Å². The standard InChI is InChI=1S/C12H16O3S/c1-12(2,3)9-4-6-10(7-5-9)16(15)8-11(13)14/h4-7H,8H2,1-3H3,(H,13,14). The lowest BCUT2D eigenvalue weighted by Crippen LogP contribution is -2.12. The molecule has 1 atom stereocenters. The summed E-state index contributed by atoms with van der Waals surface area (Å²) in [6.45, 7) is 6.28. The van der Waals surface area contributed by atoms with E-state index in [1.165, 1.54) is 0 Å². The van der Waals surface area contributed by atoms with Gasteiger partial charge in [0.15, 0.2) is 0 Å². The van der Waals surface area contributed by atoms with Gasteiger partial charge < -0.3 is 5.11 Å². The van der Waals surface area contributed by atoms with Crippen LogP contribution >= 0.6 is 0 Å². The summed E-state index contributed by atoms with van der Waals surface area (Å²) in [6.07, 6.45) is 0. The average Bonchev–Trinajstić information content (AvgIpc) is 2.15. The van der Waals surface area contributed by atoms with Crippen molar-refractivity contribution >= 4 is 16.8 Å². The summed E-state index contributed by atoms with van der Waals surface area (Å²) in [4.78, 5) is 11.0. The second-order valence-electron chi connectivity index (χ2n) is 4.66. The third-order valence-electron chi connectivity index (χ3n) is 2.24. The zero-order valence-electron chi connectivity index (χ0n) is 9.69. The van der Waals surface area contributed by atoms with Gasteiger partial charge in [0.05, 0.1) is 10.8 Å². The van der Waals surface area contributed by atoms with Crippen molar-refractivity contribution < 1.29 is 14.1 Å². The lowest BCUT2D eigenvalue weighted by atomic mass is 9.87. The molecule has 0 heterocycles. The maximum Gasteiger partial charge on any atom is 0.316 e. The molecular formula is C12H16O3S. The topological polar surface area (TPSA) is 54.4 Å². The van der Waals surface area contributed by atoms with E-state index in [1.54, 1.807) is 12.1 Å². The minimum Gasteiger partial charge on any atom is -0.481 e. The lowest BCUT2D eigenvalue weighted by Gasteiger charge is -2.18. The fourth-order valence-corrected chi connectivity index (χ4v) is 2.13. The summed E-state index contributed by atoms with van der Waals surface area (Å²) < 4.78 is 11.5. The lowest BCUT2D eigenvalue weighted by molar-refractivity contribution is -0.133. The Morgan fingerprint density at radius 1 is 1.25 bits per heavy atom. The van der Waals surface area contributed by atoms with E-state index in [9.17, 15) is 9.00 Å². The highest BCUT2D eigenvalue weighted by Gasteiger charge is 2.14. The van der Waals surface area contributed by atoms with Crippen LogP contribution in [0.3, 0.4) is 0 Å². The molecule has 0 aliphatic heterocycles. The van der Waals surface area contributed by atoms with E-state index in [-0.39, 0.29) is 11.2 Å². The van der Waals surface area contributed by atoms with Crippen molar-refractivity contribution in [3.8, 4) is 0 Å². The Kier molecular flexibility index (Phi) is 3.86. The summed E-state index contributed by atoms with van der Waals surface area (Å²) in [7, 11) is -1.45. The molecule has 0 aliphatic carbocycles. The number of aliphatic carboxylic acids is 1. The van der Waals surface area contributed by atoms with E-state index in [2.05, 4.69) is 20.8 Å². The van der Waals surface area contributed by atoms with Crippen molar-refractivity contribution in [3.63, 3.8) is 0 Å². The second kappa shape index (κ2) is 4.78. The molecule has 1 unspecified atom stereocenters. The van der Waals surface area contributed by atoms with Crippen LogP contribution in [0.2, 0.25) is 0 Å². The zero-order valence-corrected chi connectivity index (χ0v) is 10.5. The maximum atomic E-state index is 11.5. The summed E-state index contributed by atoms with van der Waals surface area (Å²) in [6, 6.07) is 7.27. The van der Waals surface area contributed by atoms with E-state index in [4.69, 9.17) is 5.11 Å². The molecule has 0 fully saturated rings. The molecular weight excluding hydrogens is 224 g/mol. The van der Waals surface area contributed by atoms with Gasteiger partial charge in [0.1, 0.15) is 5.75 Å². The molecule has 0 amide bonds. The van der Waals surface area contributed by atoms with Gasteiger partial charge in [-0.05, 0) is 23.1 Å². The zero-order chi connectivity index (χ0) is 12.3. The predicted octanol–water partition coefficient (Wildman–Crippen LogP) is 2.18. The number of carbonyl (C=O) groups is 1. The van der Waals surface area contributed by atoms with Crippen molar-refractivity contribution in [2.75, 3.05) is 5.75 Å². The Balaban J connectivity index is 2.87. The first-order chi connectivity index (χ1) is 7.30. The van der Waals surface area contributed by atoms with Crippen molar-refractivity contribution in [2.24, 2.45) is 0 Å². The monoisotopic (exact) mass is 240 g/mol. The molecule has 16 heavy (non-hydrogen) atoms. The van der Waals surface area contributed by atoms with Gasteiger partial charge in [-0.15, -0.1) is 0 Å². The molecule has 1 aromatic rings. The molecule has 0 aliphatic rings. The van der Waals surface area contributed by atoms with Crippen molar-refractivity contribution in [2.45, 2.75) is 31.1 Å². The fraction of sp³-hybridized carbons (Fsp3) is 0.417.